The van der Waals surface area contributed by atoms with Crippen LogP contribution in [0.3, 0.4) is 0 Å². The Morgan fingerprint density at radius 3 is 1.86 bits per heavy atom. The molecule has 0 aromatic carbocycles. The molecule has 0 spiro atoms. The molecule has 86 valence electrons. The van der Waals surface area contributed by atoms with E-state index in [2.05, 4.69) is 4.74 Å². The molecule has 14 heavy (non-hydrogen) atoms. The van der Waals surface area contributed by atoms with E-state index in [0.29, 0.717) is 6.42 Å². The number of hydrogen-bond donors (Lipinski definition) is 2. The summed E-state index contributed by atoms with van der Waals surface area (Å²) in [4.78, 5) is 0. The summed E-state index contributed by atoms with van der Waals surface area (Å²) in [6.45, 7) is -0.760. The molecule has 0 aliphatic heterocycles. The lowest BCUT2D eigenvalue weighted by Crippen LogP contribution is -2.35. The minimum atomic E-state index is -4.37. The summed E-state index contributed by atoms with van der Waals surface area (Å²) in [6, 6.07) is 0. The second kappa shape index (κ2) is 5.53. The van der Waals surface area contributed by atoms with Crippen molar-refractivity contribution in [3.63, 3.8) is 0 Å². The quantitative estimate of drug-likeness (QED) is 0.695. The van der Waals surface area contributed by atoms with Crippen molar-refractivity contribution in [3.05, 3.63) is 0 Å². The number of rotatable bonds is 6. The van der Waals surface area contributed by atoms with E-state index in [4.69, 9.17) is 10.2 Å². The minimum absolute atomic E-state index is 0.296. The van der Waals surface area contributed by atoms with Gasteiger partial charge >= 0.3 is 6.18 Å². The molecule has 0 saturated carbocycles. The molecule has 0 aliphatic carbocycles. The van der Waals surface area contributed by atoms with Crippen LogP contribution in [-0.2, 0) is 4.74 Å². The molecule has 0 heterocycles. The molecular formula is C8H15F3O3. The van der Waals surface area contributed by atoms with Crippen molar-refractivity contribution in [3.8, 4) is 0 Å². The fourth-order valence-corrected chi connectivity index (χ4v) is 0.850. The third-order valence-electron chi connectivity index (χ3n) is 2.09. The van der Waals surface area contributed by atoms with Gasteiger partial charge in [-0.15, -0.1) is 0 Å². The van der Waals surface area contributed by atoms with Gasteiger partial charge < -0.3 is 14.9 Å². The van der Waals surface area contributed by atoms with E-state index in [1.54, 1.807) is 6.92 Å². The van der Waals surface area contributed by atoms with E-state index in [1.807, 2.05) is 0 Å². The Balaban J connectivity index is 3.95. The average Bonchev–Trinajstić information content (AvgIpc) is 2.11. The molecule has 0 unspecified atom stereocenters. The van der Waals surface area contributed by atoms with Gasteiger partial charge in [0.15, 0.2) is 0 Å². The zero-order valence-corrected chi connectivity index (χ0v) is 7.97. The Hall–Kier alpha value is -0.330. The monoisotopic (exact) mass is 216 g/mol. The van der Waals surface area contributed by atoms with Gasteiger partial charge in [-0.05, 0) is 6.42 Å². The van der Waals surface area contributed by atoms with Crippen molar-refractivity contribution in [2.45, 2.75) is 19.5 Å². The Morgan fingerprint density at radius 2 is 1.57 bits per heavy atom. The van der Waals surface area contributed by atoms with Gasteiger partial charge in [-0.3, -0.25) is 0 Å². The summed E-state index contributed by atoms with van der Waals surface area (Å²) >= 11 is 0. The Bertz CT molecular complexity index is 146. The zero-order valence-electron chi connectivity index (χ0n) is 7.97. The predicted octanol–water partition coefficient (Wildman–Crippen LogP) is 0.946. The molecule has 3 nitrogen and oxygen atoms in total. The highest BCUT2D eigenvalue weighted by molar-refractivity contribution is 4.75. The van der Waals surface area contributed by atoms with Crippen LogP contribution >= 0.6 is 0 Å². The summed E-state index contributed by atoms with van der Waals surface area (Å²) in [5.74, 6) is 0. The Kier molecular flexibility index (Phi) is 5.40. The van der Waals surface area contributed by atoms with Gasteiger partial charge in [-0.1, -0.05) is 6.92 Å². The third-order valence-corrected chi connectivity index (χ3v) is 2.09. The third kappa shape index (κ3) is 4.78. The fourth-order valence-electron chi connectivity index (χ4n) is 0.850. The van der Waals surface area contributed by atoms with Crippen molar-refractivity contribution < 1.29 is 28.1 Å². The first-order valence-electron chi connectivity index (χ1n) is 4.25. The molecule has 0 fully saturated rings. The molecule has 0 aromatic rings. The lowest BCUT2D eigenvalue weighted by molar-refractivity contribution is -0.184. The van der Waals surface area contributed by atoms with Gasteiger partial charge in [-0.25, -0.2) is 0 Å². The molecule has 0 amide bonds. The highest BCUT2D eigenvalue weighted by Crippen LogP contribution is 2.22. The highest BCUT2D eigenvalue weighted by Gasteiger charge is 2.32. The lowest BCUT2D eigenvalue weighted by Gasteiger charge is -2.27. The molecule has 0 rings (SSSR count). The van der Waals surface area contributed by atoms with Crippen LogP contribution in [0.4, 0.5) is 13.2 Å². The molecule has 0 atom stereocenters. The topological polar surface area (TPSA) is 49.7 Å². The molecule has 0 aromatic heterocycles. The van der Waals surface area contributed by atoms with Crippen molar-refractivity contribution >= 4 is 0 Å². The predicted molar refractivity (Wildman–Crippen MR) is 43.8 cm³/mol. The smallest absolute Gasteiger partial charge is 0.396 e. The summed E-state index contributed by atoms with van der Waals surface area (Å²) in [5, 5.41) is 17.8. The maximum absolute atomic E-state index is 11.7. The fraction of sp³-hybridized carbons (Fsp3) is 1.00. The van der Waals surface area contributed by atoms with Crippen LogP contribution in [0.15, 0.2) is 0 Å². The summed E-state index contributed by atoms with van der Waals surface area (Å²) < 4.78 is 39.5. The van der Waals surface area contributed by atoms with Crippen LogP contribution in [0.1, 0.15) is 13.3 Å². The second-order valence-electron chi connectivity index (χ2n) is 3.28. The number of ether oxygens (including phenoxy) is 1. The van der Waals surface area contributed by atoms with Crippen LogP contribution in [0.5, 0.6) is 0 Å². The van der Waals surface area contributed by atoms with Gasteiger partial charge in [-0.2, -0.15) is 13.2 Å². The van der Waals surface area contributed by atoms with E-state index in [-0.39, 0.29) is 6.61 Å². The SMILES string of the molecule is CCC(CO)(CO)COCC(F)(F)F. The molecule has 0 radical (unpaired) electrons. The Morgan fingerprint density at radius 1 is 1.07 bits per heavy atom. The van der Waals surface area contributed by atoms with Crippen LogP contribution < -0.4 is 0 Å². The summed E-state index contributed by atoms with van der Waals surface area (Å²) in [7, 11) is 0. The zero-order chi connectivity index (χ0) is 11.2. The Labute approximate surface area is 80.5 Å². The summed E-state index contributed by atoms with van der Waals surface area (Å²) in [5.41, 5.74) is -0.967. The average molecular weight is 216 g/mol. The molecule has 0 bridgehead atoms. The normalized spacial score (nSPS) is 13.3. The maximum Gasteiger partial charge on any atom is 0.411 e. The number of aliphatic hydroxyl groups excluding tert-OH is 2. The first kappa shape index (κ1) is 13.7. The van der Waals surface area contributed by atoms with Gasteiger partial charge in [0.2, 0.25) is 0 Å². The van der Waals surface area contributed by atoms with Crippen LogP contribution in [0.2, 0.25) is 0 Å². The lowest BCUT2D eigenvalue weighted by atomic mass is 9.88. The number of alkyl halides is 3. The van der Waals surface area contributed by atoms with Crippen molar-refractivity contribution in [2.24, 2.45) is 5.41 Å². The first-order chi connectivity index (χ1) is 6.39. The van der Waals surface area contributed by atoms with Gasteiger partial charge in [0.1, 0.15) is 6.61 Å². The molecule has 6 heteroatoms. The molecule has 0 aliphatic rings. The van der Waals surface area contributed by atoms with Gasteiger partial charge in [0, 0.05) is 5.41 Å². The van der Waals surface area contributed by atoms with Crippen LogP contribution in [0, 0.1) is 5.41 Å². The van der Waals surface area contributed by atoms with E-state index in [0.717, 1.165) is 0 Å². The minimum Gasteiger partial charge on any atom is -0.396 e. The van der Waals surface area contributed by atoms with Crippen molar-refractivity contribution in [1.29, 1.82) is 0 Å². The summed E-state index contributed by atoms with van der Waals surface area (Å²) in [6.07, 6.45) is -4.01. The molecule has 2 N–H and O–H groups in total. The van der Waals surface area contributed by atoms with Crippen molar-refractivity contribution in [2.75, 3.05) is 26.4 Å². The van der Waals surface area contributed by atoms with E-state index in [9.17, 15) is 13.2 Å². The first-order valence-corrected chi connectivity index (χ1v) is 4.25. The number of halogens is 3. The number of aliphatic hydroxyl groups is 2. The van der Waals surface area contributed by atoms with E-state index < -0.39 is 31.4 Å². The van der Waals surface area contributed by atoms with E-state index >= 15 is 0 Å². The standard InChI is InChI=1S/C8H15F3O3/c1-2-7(3-12,4-13)5-14-6-8(9,10)11/h12-13H,2-6H2,1H3. The largest absolute Gasteiger partial charge is 0.411 e. The second-order valence-corrected chi connectivity index (χ2v) is 3.28. The van der Waals surface area contributed by atoms with Gasteiger partial charge in [0.05, 0.1) is 19.8 Å². The maximum atomic E-state index is 11.7. The van der Waals surface area contributed by atoms with Crippen LogP contribution in [-0.4, -0.2) is 42.8 Å². The van der Waals surface area contributed by atoms with Crippen LogP contribution in [0.25, 0.3) is 0 Å². The highest BCUT2D eigenvalue weighted by atomic mass is 19.4. The van der Waals surface area contributed by atoms with Gasteiger partial charge in [0.25, 0.3) is 0 Å². The van der Waals surface area contributed by atoms with E-state index in [1.165, 1.54) is 0 Å². The number of hydrogen-bond acceptors (Lipinski definition) is 3. The molecule has 0 saturated heterocycles. The molecular weight excluding hydrogens is 201 g/mol. The van der Waals surface area contributed by atoms with Crippen molar-refractivity contribution in [1.82, 2.24) is 0 Å².